The lowest BCUT2D eigenvalue weighted by Crippen LogP contribution is -2.41. The number of hydrogen-bond donors (Lipinski definition) is 1. The number of rotatable bonds is 3. The molecule has 0 aromatic rings. The van der Waals surface area contributed by atoms with Gasteiger partial charge in [0.1, 0.15) is 6.61 Å². The number of nitrogens with zero attached hydrogens (tertiary/aromatic N) is 1. The smallest absolute Gasteiger partial charge is 0.248 e. The summed E-state index contributed by atoms with van der Waals surface area (Å²) in [6, 6.07) is 0. The number of likely N-dealkylation sites (tertiary alicyclic amines) is 1. The number of amides is 1. The maximum atomic E-state index is 11.8. The molecule has 100 valence electrons. The molecule has 2 heterocycles. The van der Waals surface area contributed by atoms with Crippen LogP contribution in [-0.4, -0.2) is 49.7 Å². The van der Waals surface area contributed by atoms with Crippen molar-refractivity contribution in [2.75, 3.05) is 32.8 Å². The molecule has 2 fully saturated rings. The Hall–Kier alpha value is -0.320. The van der Waals surface area contributed by atoms with Crippen LogP contribution in [0.15, 0.2) is 0 Å². The van der Waals surface area contributed by atoms with E-state index in [0.717, 1.165) is 51.9 Å². The molecule has 2 saturated heterocycles. The van der Waals surface area contributed by atoms with Crippen molar-refractivity contribution in [3.8, 4) is 0 Å². The summed E-state index contributed by atoms with van der Waals surface area (Å²) in [5.41, 5.74) is 0. The molecule has 2 aliphatic rings. The number of carbonyl (C=O) groups is 1. The molecule has 4 nitrogen and oxygen atoms in total. The van der Waals surface area contributed by atoms with E-state index in [1.54, 1.807) is 0 Å². The number of ether oxygens (including phenoxy) is 1. The largest absolute Gasteiger partial charge is 0.367 e. The van der Waals surface area contributed by atoms with E-state index in [1.807, 2.05) is 4.90 Å². The Labute approximate surface area is 109 Å². The standard InChI is InChI=1S/C12H22N2O2.ClH/c15-12(14-7-2-1-3-8-14)10-16-11-5-4-6-13-9-11;/h11,13H,1-10H2;1H. The summed E-state index contributed by atoms with van der Waals surface area (Å²) in [6.07, 6.45) is 6.04. The van der Waals surface area contributed by atoms with Gasteiger partial charge in [-0.05, 0) is 38.6 Å². The maximum Gasteiger partial charge on any atom is 0.248 e. The minimum atomic E-state index is 0. The summed E-state index contributed by atoms with van der Waals surface area (Å²) in [6.45, 7) is 4.09. The predicted molar refractivity (Wildman–Crippen MR) is 69.5 cm³/mol. The Balaban J connectivity index is 0.00000144. The van der Waals surface area contributed by atoms with Crippen molar-refractivity contribution in [1.82, 2.24) is 10.2 Å². The molecular weight excluding hydrogens is 240 g/mol. The van der Waals surface area contributed by atoms with Crippen LogP contribution in [-0.2, 0) is 9.53 Å². The van der Waals surface area contributed by atoms with E-state index in [2.05, 4.69) is 5.32 Å². The first-order valence-corrected chi connectivity index (χ1v) is 6.46. The van der Waals surface area contributed by atoms with Crippen LogP contribution >= 0.6 is 12.4 Å². The Kier molecular flexibility index (Phi) is 6.85. The molecule has 17 heavy (non-hydrogen) atoms. The molecule has 0 aromatic carbocycles. The first kappa shape index (κ1) is 14.7. The average Bonchev–Trinajstić information content (AvgIpc) is 2.38. The van der Waals surface area contributed by atoms with Crippen LogP contribution in [0.3, 0.4) is 0 Å². The Bertz CT molecular complexity index is 227. The van der Waals surface area contributed by atoms with Crippen LogP contribution in [0.25, 0.3) is 0 Å². The molecular formula is C12H23ClN2O2. The second-order valence-electron chi connectivity index (χ2n) is 4.72. The van der Waals surface area contributed by atoms with E-state index in [0.29, 0.717) is 0 Å². The van der Waals surface area contributed by atoms with E-state index in [1.165, 1.54) is 6.42 Å². The second kappa shape index (κ2) is 7.90. The fraction of sp³-hybridized carbons (Fsp3) is 0.917. The van der Waals surface area contributed by atoms with Gasteiger partial charge in [-0.2, -0.15) is 0 Å². The van der Waals surface area contributed by atoms with Gasteiger partial charge in [-0.25, -0.2) is 0 Å². The molecule has 0 radical (unpaired) electrons. The van der Waals surface area contributed by atoms with E-state index in [4.69, 9.17) is 4.74 Å². The summed E-state index contributed by atoms with van der Waals surface area (Å²) in [5.74, 6) is 0.172. The van der Waals surface area contributed by atoms with Crippen molar-refractivity contribution in [3.63, 3.8) is 0 Å². The van der Waals surface area contributed by atoms with Gasteiger partial charge >= 0.3 is 0 Å². The number of nitrogens with one attached hydrogen (secondary N) is 1. The van der Waals surface area contributed by atoms with Crippen LogP contribution in [0, 0.1) is 0 Å². The molecule has 0 bridgehead atoms. The zero-order chi connectivity index (χ0) is 11.2. The zero-order valence-corrected chi connectivity index (χ0v) is 11.1. The summed E-state index contributed by atoms with van der Waals surface area (Å²) in [7, 11) is 0. The van der Waals surface area contributed by atoms with Gasteiger partial charge in [-0.3, -0.25) is 4.79 Å². The zero-order valence-electron chi connectivity index (χ0n) is 10.3. The third-order valence-corrected chi connectivity index (χ3v) is 3.40. The monoisotopic (exact) mass is 262 g/mol. The minimum Gasteiger partial charge on any atom is -0.367 e. The molecule has 1 unspecified atom stereocenters. The van der Waals surface area contributed by atoms with Crippen LogP contribution < -0.4 is 5.32 Å². The quantitative estimate of drug-likeness (QED) is 0.831. The van der Waals surface area contributed by atoms with Gasteiger partial charge in [0.2, 0.25) is 5.91 Å². The fourth-order valence-corrected chi connectivity index (χ4v) is 2.39. The predicted octanol–water partition coefficient (Wildman–Crippen LogP) is 1.19. The highest BCUT2D eigenvalue weighted by Crippen LogP contribution is 2.10. The maximum absolute atomic E-state index is 11.8. The van der Waals surface area contributed by atoms with Crippen molar-refractivity contribution < 1.29 is 9.53 Å². The van der Waals surface area contributed by atoms with Gasteiger partial charge in [0.15, 0.2) is 0 Å². The highest BCUT2D eigenvalue weighted by atomic mass is 35.5. The molecule has 5 heteroatoms. The van der Waals surface area contributed by atoms with Crippen molar-refractivity contribution in [1.29, 1.82) is 0 Å². The van der Waals surface area contributed by atoms with Crippen LogP contribution in [0.1, 0.15) is 32.1 Å². The van der Waals surface area contributed by atoms with E-state index < -0.39 is 0 Å². The first-order chi connectivity index (χ1) is 7.86. The van der Waals surface area contributed by atoms with E-state index in [9.17, 15) is 4.79 Å². The van der Waals surface area contributed by atoms with Gasteiger partial charge < -0.3 is 15.0 Å². The molecule has 1 N–H and O–H groups in total. The van der Waals surface area contributed by atoms with Gasteiger partial charge in [0.25, 0.3) is 0 Å². The van der Waals surface area contributed by atoms with E-state index >= 15 is 0 Å². The topological polar surface area (TPSA) is 41.6 Å². The lowest BCUT2D eigenvalue weighted by atomic mass is 10.1. The highest BCUT2D eigenvalue weighted by molar-refractivity contribution is 5.85. The normalized spacial score (nSPS) is 25.2. The highest BCUT2D eigenvalue weighted by Gasteiger charge is 2.19. The lowest BCUT2D eigenvalue weighted by molar-refractivity contribution is -0.139. The van der Waals surface area contributed by atoms with Gasteiger partial charge in [-0.1, -0.05) is 0 Å². The van der Waals surface area contributed by atoms with Gasteiger partial charge in [0.05, 0.1) is 6.10 Å². The van der Waals surface area contributed by atoms with Crippen LogP contribution in [0.5, 0.6) is 0 Å². The van der Waals surface area contributed by atoms with Crippen LogP contribution in [0.4, 0.5) is 0 Å². The van der Waals surface area contributed by atoms with E-state index in [-0.39, 0.29) is 31.0 Å². The summed E-state index contributed by atoms with van der Waals surface area (Å²) in [5, 5.41) is 3.29. The van der Waals surface area contributed by atoms with Crippen molar-refractivity contribution in [2.45, 2.75) is 38.2 Å². The average molecular weight is 263 g/mol. The number of carbonyl (C=O) groups excluding carboxylic acids is 1. The molecule has 0 aromatic heterocycles. The van der Waals surface area contributed by atoms with Crippen LogP contribution in [0.2, 0.25) is 0 Å². The molecule has 2 aliphatic heterocycles. The Morgan fingerprint density at radius 3 is 2.65 bits per heavy atom. The summed E-state index contributed by atoms with van der Waals surface area (Å²) >= 11 is 0. The molecule has 1 atom stereocenters. The second-order valence-corrected chi connectivity index (χ2v) is 4.72. The van der Waals surface area contributed by atoms with Gasteiger partial charge in [-0.15, -0.1) is 12.4 Å². The van der Waals surface area contributed by atoms with Gasteiger partial charge in [0, 0.05) is 19.6 Å². The summed E-state index contributed by atoms with van der Waals surface area (Å²) < 4.78 is 5.64. The number of piperidine rings is 2. The van der Waals surface area contributed by atoms with Crippen molar-refractivity contribution >= 4 is 18.3 Å². The van der Waals surface area contributed by atoms with Crippen molar-refractivity contribution in [3.05, 3.63) is 0 Å². The third-order valence-electron chi connectivity index (χ3n) is 3.40. The molecule has 0 saturated carbocycles. The molecule has 0 spiro atoms. The lowest BCUT2D eigenvalue weighted by Gasteiger charge is -2.28. The van der Waals surface area contributed by atoms with Crippen molar-refractivity contribution in [2.24, 2.45) is 0 Å². The minimum absolute atomic E-state index is 0. The first-order valence-electron chi connectivity index (χ1n) is 6.46. The molecule has 0 aliphatic carbocycles. The summed E-state index contributed by atoms with van der Waals surface area (Å²) in [4.78, 5) is 13.8. The molecule has 1 amide bonds. The molecule has 2 rings (SSSR count). The fourth-order valence-electron chi connectivity index (χ4n) is 2.39. The Morgan fingerprint density at radius 2 is 2.00 bits per heavy atom. The Morgan fingerprint density at radius 1 is 1.24 bits per heavy atom. The third kappa shape index (κ3) is 4.82. The SMILES string of the molecule is Cl.O=C(COC1CCCNC1)N1CCCCC1. The number of hydrogen-bond acceptors (Lipinski definition) is 3. The number of halogens is 1.